The Balaban J connectivity index is 1.75. The maximum absolute atomic E-state index is 2.44. The molecule has 0 bridgehead atoms. The summed E-state index contributed by atoms with van der Waals surface area (Å²) in [5.41, 5.74) is 1.51. The van der Waals surface area contributed by atoms with Crippen molar-refractivity contribution in [1.29, 1.82) is 0 Å². The van der Waals surface area contributed by atoms with Gasteiger partial charge in [0.25, 0.3) is 0 Å². The summed E-state index contributed by atoms with van der Waals surface area (Å²) in [5.74, 6) is 2.70. The lowest BCUT2D eigenvalue weighted by Crippen LogP contribution is -2.08. The van der Waals surface area contributed by atoms with Crippen molar-refractivity contribution in [2.24, 2.45) is 0 Å². The van der Waals surface area contributed by atoms with Gasteiger partial charge in [0.15, 0.2) is 0 Å². The number of benzene rings is 1. The summed E-state index contributed by atoms with van der Waals surface area (Å²) in [4.78, 5) is 0. The molecule has 1 unspecified atom stereocenters. The molecular formula is C26H47S+. The van der Waals surface area contributed by atoms with Crippen LogP contribution in [0.2, 0.25) is 0 Å². The lowest BCUT2D eigenvalue weighted by molar-refractivity contribution is 0.531. The number of unbranched alkanes of at least 4 members (excludes halogenated alkanes) is 15. The first-order valence-electron chi connectivity index (χ1n) is 12.0. The van der Waals surface area contributed by atoms with E-state index >= 15 is 0 Å². The van der Waals surface area contributed by atoms with Crippen LogP contribution >= 0.6 is 0 Å². The van der Waals surface area contributed by atoms with Crippen LogP contribution in [0.3, 0.4) is 0 Å². The number of hydrogen-bond donors (Lipinski definition) is 0. The van der Waals surface area contributed by atoms with Crippen LogP contribution < -0.4 is 0 Å². The average molecular weight is 392 g/mol. The predicted octanol–water partition coefficient (Wildman–Crippen LogP) is 8.70. The van der Waals surface area contributed by atoms with E-state index in [2.05, 4.69) is 43.5 Å². The van der Waals surface area contributed by atoms with Gasteiger partial charge in [0.2, 0.25) is 0 Å². The van der Waals surface area contributed by atoms with Gasteiger partial charge in [-0.3, -0.25) is 0 Å². The molecule has 0 saturated carbocycles. The zero-order valence-electron chi connectivity index (χ0n) is 18.5. The van der Waals surface area contributed by atoms with Crippen molar-refractivity contribution in [3.8, 4) is 0 Å². The Morgan fingerprint density at radius 3 is 1.41 bits per heavy atom. The fourth-order valence-electron chi connectivity index (χ4n) is 3.83. The van der Waals surface area contributed by atoms with Gasteiger partial charge in [-0.15, -0.1) is 0 Å². The molecule has 0 radical (unpaired) electrons. The maximum Gasteiger partial charge on any atom is 0.132 e. The number of rotatable bonds is 19. The summed E-state index contributed by atoms with van der Waals surface area (Å²) in [6.07, 6.45) is 25.8. The van der Waals surface area contributed by atoms with Crippen LogP contribution in [0.15, 0.2) is 30.3 Å². The molecule has 0 saturated heterocycles. The highest BCUT2D eigenvalue weighted by atomic mass is 32.2. The second kappa shape index (κ2) is 18.9. The third-order valence-corrected chi connectivity index (χ3v) is 7.41. The van der Waals surface area contributed by atoms with Crippen LogP contribution in [0.25, 0.3) is 0 Å². The summed E-state index contributed by atoms with van der Waals surface area (Å²) in [5, 5.41) is 0. The lowest BCUT2D eigenvalue weighted by atomic mass is 10.0. The molecule has 27 heavy (non-hydrogen) atoms. The molecular weight excluding hydrogens is 344 g/mol. The summed E-state index contributed by atoms with van der Waals surface area (Å²) in [7, 11) is 0.562. The highest BCUT2D eigenvalue weighted by Crippen LogP contribution is 2.14. The third kappa shape index (κ3) is 16.2. The molecule has 0 aliphatic heterocycles. The van der Waals surface area contributed by atoms with Crippen molar-refractivity contribution < 1.29 is 0 Å². The van der Waals surface area contributed by atoms with Gasteiger partial charge in [0, 0.05) is 5.56 Å². The minimum Gasteiger partial charge on any atom is -0.0654 e. The molecule has 0 amide bonds. The molecule has 156 valence electrons. The Hall–Kier alpha value is -0.430. The second-order valence-corrected chi connectivity index (χ2v) is 10.7. The van der Waals surface area contributed by atoms with Crippen LogP contribution in [0, 0.1) is 0 Å². The van der Waals surface area contributed by atoms with E-state index in [4.69, 9.17) is 0 Å². The molecule has 1 heteroatoms. The van der Waals surface area contributed by atoms with Gasteiger partial charge < -0.3 is 0 Å². The van der Waals surface area contributed by atoms with Crippen LogP contribution in [0.5, 0.6) is 0 Å². The standard InChI is InChI=1S/C26H47S/c1-3-4-5-6-7-8-9-10-11-12-13-14-15-16-17-21-24-27(2)25-26-22-19-18-20-23-26/h18-20,22-23H,3-17,21,24-25H2,1-2H3/q+1. The second-order valence-electron chi connectivity index (χ2n) is 8.42. The molecule has 0 aliphatic carbocycles. The van der Waals surface area contributed by atoms with E-state index in [0.29, 0.717) is 10.9 Å². The van der Waals surface area contributed by atoms with Gasteiger partial charge in [0.1, 0.15) is 11.5 Å². The monoisotopic (exact) mass is 391 g/mol. The van der Waals surface area contributed by atoms with Gasteiger partial charge in [-0.05, 0) is 23.7 Å². The van der Waals surface area contributed by atoms with Crippen LogP contribution in [0.4, 0.5) is 0 Å². The van der Waals surface area contributed by atoms with Crippen LogP contribution in [-0.4, -0.2) is 12.0 Å². The van der Waals surface area contributed by atoms with Crippen molar-refractivity contribution in [3.63, 3.8) is 0 Å². The average Bonchev–Trinajstić information content (AvgIpc) is 2.68. The van der Waals surface area contributed by atoms with Crippen molar-refractivity contribution in [3.05, 3.63) is 35.9 Å². The Kier molecular flexibility index (Phi) is 17.2. The van der Waals surface area contributed by atoms with Crippen LogP contribution in [0.1, 0.15) is 115 Å². The van der Waals surface area contributed by atoms with E-state index < -0.39 is 0 Å². The molecule has 1 aromatic rings. The minimum atomic E-state index is 0.562. The first-order valence-corrected chi connectivity index (χ1v) is 13.9. The van der Waals surface area contributed by atoms with Crippen molar-refractivity contribution >= 4 is 10.9 Å². The first kappa shape index (κ1) is 24.6. The largest absolute Gasteiger partial charge is 0.132 e. The van der Waals surface area contributed by atoms with E-state index in [1.54, 1.807) is 0 Å². The molecule has 0 heterocycles. The fraction of sp³-hybridized carbons (Fsp3) is 0.769. The summed E-state index contributed by atoms with van der Waals surface area (Å²) >= 11 is 0. The predicted molar refractivity (Wildman–Crippen MR) is 128 cm³/mol. The SMILES string of the molecule is CCCCCCCCCCCCCCCCCC[S+](C)Cc1ccccc1. The lowest BCUT2D eigenvalue weighted by Gasteiger charge is -2.05. The number of hydrogen-bond acceptors (Lipinski definition) is 0. The Labute approximate surface area is 174 Å². The summed E-state index contributed by atoms with van der Waals surface area (Å²) < 4.78 is 0. The summed E-state index contributed by atoms with van der Waals surface area (Å²) in [6.45, 7) is 2.30. The highest BCUT2D eigenvalue weighted by molar-refractivity contribution is 7.95. The molecule has 0 fully saturated rings. The van der Waals surface area contributed by atoms with E-state index in [-0.39, 0.29) is 0 Å². The van der Waals surface area contributed by atoms with E-state index in [0.717, 1.165) is 0 Å². The van der Waals surface area contributed by atoms with Gasteiger partial charge in [-0.2, -0.15) is 0 Å². The Morgan fingerprint density at radius 1 is 0.556 bits per heavy atom. The minimum absolute atomic E-state index is 0.562. The van der Waals surface area contributed by atoms with Gasteiger partial charge in [-0.1, -0.05) is 127 Å². The smallest absolute Gasteiger partial charge is 0.0654 e. The normalized spacial score (nSPS) is 12.4. The molecule has 0 spiro atoms. The molecule has 0 aliphatic rings. The van der Waals surface area contributed by atoms with Gasteiger partial charge in [0.05, 0.1) is 6.26 Å². The van der Waals surface area contributed by atoms with Crippen molar-refractivity contribution in [2.75, 3.05) is 12.0 Å². The fourth-order valence-corrected chi connectivity index (χ4v) is 5.43. The van der Waals surface area contributed by atoms with E-state index in [1.165, 1.54) is 120 Å². The topological polar surface area (TPSA) is 0 Å². The van der Waals surface area contributed by atoms with Gasteiger partial charge in [-0.25, -0.2) is 0 Å². The molecule has 1 aromatic carbocycles. The highest BCUT2D eigenvalue weighted by Gasteiger charge is 2.11. The zero-order valence-corrected chi connectivity index (χ0v) is 19.3. The summed E-state index contributed by atoms with van der Waals surface area (Å²) in [6, 6.07) is 11.0. The molecule has 0 aromatic heterocycles. The molecule has 0 nitrogen and oxygen atoms in total. The third-order valence-electron chi connectivity index (χ3n) is 5.60. The molecule has 0 N–H and O–H groups in total. The quantitative estimate of drug-likeness (QED) is 0.163. The zero-order chi connectivity index (χ0) is 19.4. The Morgan fingerprint density at radius 2 is 0.963 bits per heavy atom. The van der Waals surface area contributed by atoms with E-state index in [1.807, 2.05) is 0 Å². The first-order chi connectivity index (χ1) is 13.3. The molecule has 1 rings (SSSR count). The molecule has 1 atom stereocenters. The maximum atomic E-state index is 2.44. The van der Waals surface area contributed by atoms with Crippen molar-refractivity contribution in [1.82, 2.24) is 0 Å². The van der Waals surface area contributed by atoms with Crippen molar-refractivity contribution in [2.45, 2.75) is 115 Å². The van der Waals surface area contributed by atoms with Gasteiger partial charge >= 0.3 is 0 Å². The van der Waals surface area contributed by atoms with Crippen LogP contribution in [-0.2, 0) is 16.6 Å². The Bertz CT molecular complexity index is 400. The van der Waals surface area contributed by atoms with E-state index in [9.17, 15) is 0 Å².